The molecule has 1 aromatic carbocycles. The molecular weight excluding hydrogens is 428 g/mol. The lowest BCUT2D eigenvalue weighted by atomic mass is 10.1. The van der Waals surface area contributed by atoms with Gasteiger partial charge in [0.15, 0.2) is 17.3 Å². The Hall–Kier alpha value is -3.59. The van der Waals surface area contributed by atoms with E-state index in [9.17, 15) is 13.6 Å². The van der Waals surface area contributed by atoms with Crippen molar-refractivity contribution in [3.8, 4) is 11.3 Å². The van der Waals surface area contributed by atoms with Crippen LogP contribution in [0.15, 0.2) is 53.3 Å². The summed E-state index contributed by atoms with van der Waals surface area (Å²) in [6, 6.07) is 9.80. The average Bonchev–Trinajstić information content (AvgIpc) is 3.46. The molecule has 4 heterocycles. The predicted molar refractivity (Wildman–Crippen MR) is 118 cm³/mol. The van der Waals surface area contributed by atoms with Gasteiger partial charge in [0.1, 0.15) is 12.3 Å². The molecule has 0 spiro atoms. The number of nitrogens with zero attached hydrogens (tertiary/aromatic N) is 5. The number of aryl methyl sites for hydroxylation is 1. The third-order valence-corrected chi connectivity index (χ3v) is 6.03. The SMILES string of the molecule is Cc1nn(CC(=O)N2CCN(Cc3cccc(F)c3F)CC2)c2nccc(-c3ccco3)c12. The molecule has 170 valence electrons. The molecule has 0 N–H and O–H groups in total. The molecule has 1 saturated heterocycles. The summed E-state index contributed by atoms with van der Waals surface area (Å²) in [5.41, 5.74) is 2.63. The molecule has 0 atom stereocenters. The number of furan rings is 1. The Balaban J connectivity index is 1.26. The third-order valence-electron chi connectivity index (χ3n) is 6.03. The fourth-order valence-electron chi connectivity index (χ4n) is 4.32. The topological polar surface area (TPSA) is 67.4 Å². The Labute approximate surface area is 189 Å². The molecule has 1 fully saturated rings. The van der Waals surface area contributed by atoms with Gasteiger partial charge in [-0.05, 0) is 31.2 Å². The molecule has 1 amide bonds. The van der Waals surface area contributed by atoms with Crippen molar-refractivity contribution < 1.29 is 18.0 Å². The van der Waals surface area contributed by atoms with Crippen LogP contribution < -0.4 is 0 Å². The van der Waals surface area contributed by atoms with Crippen LogP contribution in [0.5, 0.6) is 0 Å². The van der Waals surface area contributed by atoms with Gasteiger partial charge in [0.25, 0.3) is 0 Å². The molecule has 5 rings (SSSR count). The Bertz CT molecular complexity index is 1290. The van der Waals surface area contributed by atoms with Crippen LogP contribution in [0.2, 0.25) is 0 Å². The molecular formula is C24H23F2N5O2. The van der Waals surface area contributed by atoms with Crippen molar-refractivity contribution in [3.05, 3.63) is 71.8 Å². The summed E-state index contributed by atoms with van der Waals surface area (Å²) in [5, 5.41) is 5.42. The largest absolute Gasteiger partial charge is 0.464 e. The van der Waals surface area contributed by atoms with E-state index in [0.717, 1.165) is 28.5 Å². The molecule has 7 nitrogen and oxygen atoms in total. The van der Waals surface area contributed by atoms with Crippen molar-refractivity contribution in [1.29, 1.82) is 0 Å². The summed E-state index contributed by atoms with van der Waals surface area (Å²) in [5.74, 6) is -0.978. The predicted octanol–water partition coefficient (Wildman–Crippen LogP) is 3.62. The van der Waals surface area contributed by atoms with Gasteiger partial charge in [-0.2, -0.15) is 5.10 Å². The van der Waals surface area contributed by atoms with Gasteiger partial charge in [-0.25, -0.2) is 18.4 Å². The minimum atomic E-state index is -0.841. The maximum absolute atomic E-state index is 14.0. The molecule has 1 aliphatic rings. The molecule has 9 heteroatoms. The molecule has 4 aromatic rings. The fourth-order valence-corrected chi connectivity index (χ4v) is 4.32. The monoisotopic (exact) mass is 451 g/mol. The first-order chi connectivity index (χ1) is 16.0. The number of hydrogen-bond acceptors (Lipinski definition) is 5. The molecule has 0 saturated carbocycles. The lowest BCUT2D eigenvalue weighted by molar-refractivity contribution is -0.133. The van der Waals surface area contributed by atoms with E-state index >= 15 is 0 Å². The third kappa shape index (κ3) is 4.11. The number of carbonyl (C=O) groups is 1. The zero-order valence-electron chi connectivity index (χ0n) is 18.2. The highest BCUT2D eigenvalue weighted by Gasteiger charge is 2.24. The number of fused-ring (bicyclic) bond motifs is 1. The minimum absolute atomic E-state index is 0.0545. The number of halogens is 2. The second-order valence-electron chi connectivity index (χ2n) is 8.15. The number of aromatic nitrogens is 3. The molecule has 33 heavy (non-hydrogen) atoms. The van der Waals surface area contributed by atoms with Crippen molar-refractivity contribution >= 4 is 16.9 Å². The molecule has 0 radical (unpaired) electrons. The first kappa shape index (κ1) is 21.3. The Morgan fingerprint density at radius 2 is 1.91 bits per heavy atom. The normalized spacial score (nSPS) is 14.8. The first-order valence-corrected chi connectivity index (χ1v) is 10.8. The van der Waals surface area contributed by atoms with Crippen molar-refractivity contribution in [2.45, 2.75) is 20.0 Å². The zero-order valence-corrected chi connectivity index (χ0v) is 18.2. The highest BCUT2D eigenvalue weighted by Crippen LogP contribution is 2.30. The Kier molecular flexibility index (Phi) is 5.63. The number of pyridine rings is 1. The highest BCUT2D eigenvalue weighted by molar-refractivity contribution is 5.93. The smallest absolute Gasteiger partial charge is 0.244 e. The lowest BCUT2D eigenvalue weighted by Crippen LogP contribution is -2.49. The average molecular weight is 451 g/mol. The van der Waals surface area contributed by atoms with Crippen LogP contribution in [0.25, 0.3) is 22.4 Å². The molecule has 1 aliphatic heterocycles. The van der Waals surface area contributed by atoms with Crippen LogP contribution in [0.3, 0.4) is 0 Å². The van der Waals surface area contributed by atoms with Crippen molar-refractivity contribution in [1.82, 2.24) is 24.6 Å². The second-order valence-corrected chi connectivity index (χ2v) is 8.15. The van der Waals surface area contributed by atoms with Crippen molar-refractivity contribution in [2.24, 2.45) is 0 Å². The van der Waals surface area contributed by atoms with Gasteiger partial charge in [0, 0.05) is 50.0 Å². The first-order valence-electron chi connectivity index (χ1n) is 10.8. The molecule has 0 bridgehead atoms. The summed E-state index contributed by atoms with van der Waals surface area (Å²) in [4.78, 5) is 21.2. The lowest BCUT2D eigenvalue weighted by Gasteiger charge is -2.34. The van der Waals surface area contributed by atoms with Gasteiger partial charge in [-0.15, -0.1) is 0 Å². The van der Waals surface area contributed by atoms with E-state index in [0.29, 0.717) is 43.9 Å². The van der Waals surface area contributed by atoms with Crippen LogP contribution in [0.4, 0.5) is 8.78 Å². The fraction of sp³-hybridized carbons (Fsp3) is 0.292. The summed E-state index contributed by atoms with van der Waals surface area (Å²) in [6.07, 6.45) is 3.31. The van der Waals surface area contributed by atoms with E-state index in [-0.39, 0.29) is 12.5 Å². The summed E-state index contributed by atoms with van der Waals surface area (Å²) >= 11 is 0. The van der Waals surface area contributed by atoms with E-state index in [4.69, 9.17) is 4.42 Å². The summed E-state index contributed by atoms with van der Waals surface area (Å²) in [7, 11) is 0. The van der Waals surface area contributed by atoms with Gasteiger partial charge < -0.3 is 9.32 Å². The van der Waals surface area contributed by atoms with Crippen LogP contribution in [-0.4, -0.2) is 56.7 Å². The number of benzene rings is 1. The van der Waals surface area contributed by atoms with Gasteiger partial charge in [-0.1, -0.05) is 12.1 Å². The van der Waals surface area contributed by atoms with E-state index in [1.165, 1.54) is 6.07 Å². The van der Waals surface area contributed by atoms with Gasteiger partial charge in [0.2, 0.25) is 5.91 Å². The van der Waals surface area contributed by atoms with Crippen LogP contribution in [-0.2, 0) is 17.9 Å². The van der Waals surface area contributed by atoms with Gasteiger partial charge in [-0.3, -0.25) is 9.69 Å². The number of piperazine rings is 1. The van der Waals surface area contributed by atoms with Crippen LogP contribution in [0.1, 0.15) is 11.3 Å². The zero-order chi connectivity index (χ0) is 22.9. The van der Waals surface area contributed by atoms with E-state index in [1.54, 1.807) is 28.1 Å². The molecule has 0 aliphatic carbocycles. The van der Waals surface area contributed by atoms with Crippen molar-refractivity contribution in [3.63, 3.8) is 0 Å². The highest BCUT2D eigenvalue weighted by atomic mass is 19.2. The van der Waals surface area contributed by atoms with E-state index in [1.807, 2.05) is 30.0 Å². The van der Waals surface area contributed by atoms with Crippen LogP contribution >= 0.6 is 0 Å². The second kappa shape index (κ2) is 8.74. The van der Waals surface area contributed by atoms with Gasteiger partial charge >= 0.3 is 0 Å². The standard InChI is InChI=1S/C24H23F2N5O2/c1-16-22-18(20-6-3-13-33-20)7-8-27-24(22)31(28-16)15-21(32)30-11-9-29(10-12-30)14-17-4-2-5-19(25)23(17)26/h2-8,13H,9-12,14-15H2,1H3. The number of amides is 1. The number of rotatable bonds is 5. The van der Waals surface area contributed by atoms with Crippen LogP contribution in [0, 0.1) is 18.6 Å². The van der Waals surface area contributed by atoms with E-state index in [2.05, 4.69) is 10.1 Å². The maximum Gasteiger partial charge on any atom is 0.244 e. The summed E-state index contributed by atoms with van der Waals surface area (Å²) in [6.45, 7) is 4.48. The number of carbonyl (C=O) groups excluding carboxylic acids is 1. The molecule has 0 unspecified atom stereocenters. The quantitative estimate of drug-likeness (QED) is 0.464. The molecule has 3 aromatic heterocycles. The maximum atomic E-state index is 14.0. The number of hydrogen-bond donors (Lipinski definition) is 0. The summed E-state index contributed by atoms with van der Waals surface area (Å²) < 4.78 is 34.6. The minimum Gasteiger partial charge on any atom is -0.464 e. The Morgan fingerprint density at radius 3 is 2.67 bits per heavy atom. The van der Waals surface area contributed by atoms with E-state index < -0.39 is 11.6 Å². The van der Waals surface area contributed by atoms with Crippen molar-refractivity contribution in [2.75, 3.05) is 26.2 Å². The Morgan fingerprint density at radius 1 is 1.09 bits per heavy atom. The van der Waals surface area contributed by atoms with Gasteiger partial charge in [0.05, 0.1) is 17.3 Å².